The fourth-order valence-corrected chi connectivity index (χ4v) is 9.27. The Morgan fingerprint density at radius 3 is 2.39 bits per heavy atom. The maximum Gasteiger partial charge on any atom is 0.397 e. The molecule has 0 aromatic carbocycles. The van der Waals surface area contributed by atoms with Crippen LogP contribution in [0.25, 0.3) is 0 Å². The number of fused-ring (bicyclic) bond motifs is 5. The molecular formula is C24H42O6S. The van der Waals surface area contributed by atoms with Gasteiger partial charge in [-0.1, -0.05) is 20.8 Å². The number of hydrogen-bond donors (Lipinski definition) is 3. The average Bonchev–Trinajstić information content (AvgIpc) is 3.03. The van der Waals surface area contributed by atoms with E-state index in [9.17, 15) is 18.6 Å². The second kappa shape index (κ2) is 8.53. The summed E-state index contributed by atoms with van der Waals surface area (Å²) in [5, 5.41) is 21.5. The first-order valence-corrected chi connectivity index (χ1v) is 13.8. The minimum Gasteiger partial charge on any atom is -0.393 e. The summed E-state index contributed by atoms with van der Waals surface area (Å²) < 4.78 is 34.8. The molecule has 0 aromatic heterocycles. The molecule has 0 spiro atoms. The van der Waals surface area contributed by atoms with Crippen molar-refractivity contribution in [1.82, 2.24) is 0 Å². The first-order valence-electron chi connectivity index (χ1n) is 12.4. The molecule has 0 radical (unpaired) electrons. The monoisotopic (exact) mass is 458 g/mol. The van der Waals surface area contributed by atoms with Gasteiger partial charge in [0, 0.05) is 0 Å². The molecule has 5 unspecified atom stereocenters. The molecule has 0 aliphatic heterocycles. The van der Waals surface area contributed by atoms with Crippen molar-refractivity contribution in [1.29, 1.82) is 0 Å². The maximum absolute atomic E-state index is 11.3. The van der Waals surface area contributed by atoms with Crippen LogP contribution in [-0.4, -0.2) is 42.0 Å². The average molecular weight is 459 g/mol. The first kappa shape index (κ1) is 23.9. The van der Waals surface area contributed by atoms with Gasteiger partial charge in [0.05, 0.1) is 18.8 Å². The second-order valence-corrected chi connectivity index (χ2v) is 12.9. The predicted octanol–water partition coefficient (Wildman–Crippen LogP) is 4.21. The number of aliphatic hydroxyl groups excluding tert-OH is 2. The summed E-state index contributed by atoms with van der Waals surface area (Å²) in [5.74, 6) is 2.96. The van der Waals surface area contributed by atoms with Gasteiger partial charge in [0.2, 0.25) is 0 Å². The van der Waals surface area contributed by atoms with E-state index in [4.69, 9.17) is 4.55 Å². The zero-order valence-corrected chi connectivity index (χ0v) is 20.2. The highest BCUT2D eigenvalue weighted by molar-refractivity contribution is 7.80. The van der Waals surface area contributed by atoms with Gasteiger partial charge in [-0.15, -0.1) is 0 Å². The summed E-state index contributed by atoms with van der Waals surface area (Å²) in [7, 11) is -4.35. The molecule has 4 aliphatic rings. The quantitative estimate of drug-likeness (QED) is 0.407. The first-order chi connectivity index (χ1) is 14.5. The Bertz CT molecular complexity index is 755. The number of rotatable bonds is 6. The lowest BCUT2D eigenvalue weighted by Crippen LogP contribution is -2.58. The van der Waals surface area contributed by atoms with Gasteiger partial charge in [0.25, 0.3) is 0 Å². The third kappa shape index (κ3) is 4.34. The number of hydrogen-bond acceptors (Lipinski definition) is 5. The molecule has 0 amide bonds. The van der Waals surface area contributed by atoms with Gasteiger partial charge < -0.3 is 10.2 Å². The van der Waals surface area contributed by atoms with E-state index >= 15 is 0 Å². The summed E-state index contributed by atoms with van der Waals surface area (Å²) in [6, 6.07) is 0. The fraction of sp³-hybridized carbons (Fsp3) is 1.00. The van der Waals surface area contributed by atoms with Crippen molar-refractivity contribution in [3.8, 4) is 0 Å². The van der Waals surface area contributed by atoms with Gasteiger partial charge in [-0.2, -0.15) is 8.42 Å². The molecule has 0 bridgehead atoms. The summed E-state index contributed by atoms with van der Waals surface area (Å²) in [6.07, 6.45) is 9.46. The minimum atomic E-state index is -4.35. The molecule has 0 saturated heterocycles. The zero-order valence-electron chi connectivity index (χ0n) is 19.4. The van der Waals surface area contributed by atoms with Crippen molar-refractivity contribution >= 4 is 10.4 Å². The molecule has 4 fully saturated rings. The highest BCUT2D eigenvalue weighted by atomic mass is 32.3. The van der Waals surface area contributed by atoms with Crippen LogP contribution in [0.4, 0.5) is 0 Å². The molecule has 4 aliphatic carbocycles. The molecule has 3 N–H and O–H groups in total. The SMILES string of the molecule is C[C@H](CCCOS(=O)(=O)O)C1CCC2C3C(CC[C@@]21C)[C@@]1(C)CC[C@@H](O)CC1C[C@H]3O. The second-order valence-electron chi connectivity index (χ2n) is 11.8. The largest absolute Gasteiger partial charge is 0.397 e. The Balaban J connectivity index is 1.45. The normalized spacial score (nSPS) is 48.5. The van der Waals surface area contributed by atoms with Crippen LogP contribution in [0.15, 0.2) is 0 Å². The van der Waals surface area contributed by atoms with Crippen molar-refractivity contribution in [2.24, 2.45) is 46.3 Å². The van der Waals surface area contributed by atoms with Crippen LogP contribution in [0.5, 0.6) is 0 Å². The van der Waals surface area contributed by atoms with Crippen molar-refractivity contribution in [2.75, 3.05) is 6.61 Å². The molecule has 7 heteroatoms. The van der Waals surface area contributed by atoms with Gasteiger partial charge in [0.15, 0.2) is 0 Å². The highest BCUT2D eigenvalue weighted by Gasteiger charge is 2.62. The molecule has 10 atom stereocenters. The van der Waals surface area contributed by atoms with E-state index in [1.54, 1.807) is 0 Å². The van der Waals surface area contributed by atoms with Gasteiger partial charge in [-0.25, -0.2) is 4.18 Å². The van der Waals surface area contributed by atoms with E-state index < -0.39 is 10.4 Å². The summed E-state index contributed by atoms with van der Waals surface area (Å²) in [4.78, 5) is 0. The van der Waals surface area contributed by atoms with Crippen LogP contribution in [-0.2, 0) is 14.6 Å². The van der Waals surface area contributed by atoms with E-state index in [-0.39, 0.29) is 29.6 Å². The number of aliphatic hydroxyl groups is 2. The van der Waals surface area contributed by atoms with Gasteiger partial charge >= 0.3 is 10.4 Å². The van der Waals surface area contributed by atoms with E-state index in [2.05, 4.69) is 25.0 Å². The molecule has 180 valence electrons. The van der Waals surface area contributed by atoms with E-state index in [0.29, 0.717) is 41.9 Å². The molecule has 4 saturated carbocycles. The third-order valence-electron chi connectivity index (χ3n) is 10.5. The van der Waals surface area contributed by atoms with Crippen molar-refractivity contribution in [3.05, 3.63) is 0 Å². The molecule has 0 heterocycles. The smallest absolute Gasteiger partial charge is 0.393 e. The lowest BCUT2D eigenvalue weighted by Gasteiger charge is -2.62. The Morgan fingerprint density at radius 1 is 1.00 bits per heavy atom. The molecule has 0 aromatic rings. The molecule has 31 heavy (non-hydrogen) atoms. The lowest BCUT2D eigenvalue weighted by atomic mass is 9.43. The summed E-state index contributed by atoms with van der Waals surface area (Å²) >= 11 is 0. The van der Waals surface area contributed by atoms with Crippen LogP contribution in [0, 0.1) is 46.3 Å². The lowest BCUT2D eigenvalue weighted by molar-refractivity contribution is -0.174. The van der Waals surface area contributed by atoms with E-state index in [1.165, 1.54) is 25.7 Å². The van der Waals surface area contributed by atoms with Crippen LogP contribution in [0.3, 0.4) is 0 Å². The Kier molecular flexibility index (Phi) is 6.59. The predicted molar refractivity (Wildman–Crippen MR) is 119 cm³/mol. The van der Waals surface area contributed by atoms with Crippen LogP contribution in [0.1, 0.15) is 85.0 Å². The fourth-order valence-electron chi connectivity index (χ4n) is 8.95. The van der Waals surface area contributed by atoms with Gasteiger partial charge in [0.1, 0.15) is 0 Å². The maximum atomic E-state index is 11.3. The van der Waals surface area contributed by atoms with Crippen molar-refractivity contribution in [3.63, 3.8) is 0 Å². The van der Waals surface area contributed by atoms with E-state index in [1.807, 2.05) is 0 Å². The topological polar surface area (TPSA) is 104 Å². The summed E-state index contributed by atoms with van der Waals surface area (Å²) in [5.41, 5.74) is 0.476. The van der Waals surface area contributed by atoms with Crippen LogP contribution >= 0.6 is 0 Å². The zero-order chi connectivity index (χ0) is 22.6. The van der Waals surface area contributed by atoms with E-state index in [0.717, 1.165) is 32.1 Å². The molecule has 6 nitrogen and oxygen atoms in total. The van der Waals surface area contributed by atoms with Gasteiger partial charge in [-0.3, -0.25) is 4.55 Å². The molecular weight excluding hydrogens is 416 g/mol. The summed E-state index contributed by atoms with van der Waals surface area (Å²) in [6.45, 7) is 7.20. The standard InChI is InChI=1S/C24H42O6S/c1-15(5-4-12-30-31(27,28)29)18-6-7-19-22-20(9-11-24(18,19)3)23(2)10-8-17(25)13-16(23)14-21(22)26/h15-22,25-26H,4-14H2,1-3H3,(H,27,28,29)/t15-,16?,17-,18?,19?,20?,21-,22?,23+,24-/m1/s1. The van der Waals surface area contributed by atoms with Crippen LogP contribution in [0.2, 0.25) is 0 Å². The Morgan fingerprint density at radius 2 is 1.68 bits per heavy atom. The third-order valence-corrected chi connectivity index (χ3v) is 10.9. The molecule has 4 rings (SSSR count). The van der Waals surface area contributed by atoms with Crippen LogP contribution < -0.4 is 0 Å². The van der Waals surface area contributed by atoms with Gasteiger partial charge in [-0.05, 0) is 111 Å². The Labute approximate surface area is 188 Å². The van der Waals surface area contributed by atoms with Crippen molar-refractivity contribution < 1.29 is 27.4 Å². The highest BCUT2D eigenvalue weighted by Crippen LogP contribution is 2.68. The Hall–Kier alpha value is -0.210. The minimum absolute atomic E-state index is 0.0328. The van der Waals surface area contributed by atoms with Crippen molar-refractivity contribution in [2.45, 2.75) is 97.2 Å².